The second-order valence-corrected chi connectivity index (χ2v) is 5.07. The molecule has 1 atom stereocenters. The molecule has 1 heteroatoms. The van der Waals surface area contributed by atoms with Gasteiger partial charge < -0.3 is 5.11 Å². The van der Waals surface area contributed by atoms with Crippen molar-refractivity contribution in [3.8, 4) is 0 Å². The maximum Gasteiger partial charge on any atom is 0.0433 e. The molecule has 0 aliphatic rings. The Kier molecular flexibility index (Phi) is 6.40. The van der Waals surface area contributed by atoms with Crippen molar-refractivity contribution in [3.63, 3.8) is 0 Å². The van der Waals surface area contributed by atoms with Gasteiger partial charge in [-0.25, -0.2) is 0 Å². The lowest BCUT2D eigenvalue weighted by Gasteiger charge is -2.25. The second kappa shape index (κ2) is 6.42. The van der Waals surface area contributed by atoms with Crippen molar-refractivity contribution < 1.29 is 5.11 Å². The molecule has 13 heavy (non-hydrogen) atoms. The average Bonchev–Trinajstić information content (AvgIpc) is 2.02. The summed E-state index contributed by atoms with van der Waals surface area (Å²) in [5.41, 5.74) is 0.498. The first-order valence-corrected chi connectivity index (χ1v) is 5.62. The Morgan fingerprint density at radius 1 is 1.15 bits per heavy atom. The molecule has 0 saturated carbocycles. The fraction of sp³-hybridized carbons (Fsp3) is 1.00. The minimum Gasteiger partial charge on any atom is -0.396 e. The van der Waals surface area contributed by atoms with E-state index in [4.69, 9.17) is 5.11 Å². The molecule has 0 heterocycles. The molecule has 0 aromatic heterocycles. The van der Waals surface area contributed by atoms with Crippen LogP contribution in [0.25, 0.3) is 0 Å². The minimum absolute atomic E-state index is 0.343. The van der Waals surface area contributed by atoms with Crippen LogP contribution in [0.2, 0.25) is 0 Å². The summed E-state index contributed by atoms with van der Waals surface area (Å²) in [5, 5.41) is 8.77. The Hall–Kier alpha value is -0.0400. The number of aliphatic hydroxyl groups excluding tert-OH is 1. The highest BCUT2D eigenvalue weighted by molar-refractivity contribution is 4.69. The molecular weight excluding hydrogens is 160 g/mol. The molecule has 0 aliphatic carbocycles. The van der Waals surface area contributed by atoms with E-state index in [2.05, 4.69) is 27.7 Å². The predicted molar refractivity (Wildman–Crippen MR) is 58.8 cm³/mol. The summed E-state index contributed by atoms with van der Waals surface area (Å²) in [6.45, 7) is 9.52. The molecule has 0 bridgehead atoms. The predicted octanol–water partition coefficient (Wildman–Crippen LogP) is 3.61. The molecular formula is C12H26O. The van der Waals surface area contributed by atoms with Gasteiger partial charge in [-0.15, -0.1) is 0 Å². The van der Waals surface area contributed by atoms with Gasteiger partial charge in [-0.2, -0.15) is 0 Å². The lowest BCUT2D eigenvalue weighted by molar-refractivity contribution is 0.231. The van der Waals surface area contributed by atoms with Crippen molar-refractivity contribution in [2.75, 3.05) is 6.61 Å². The summed E-state index contributed by atoms with van der Waals surface area (Å²) in [4.78, 5) is 0. The molecule has 80 valence electrons. The maximum absolute atomic E-state index is 8.77. The lowest BCUT2D eigenvalue weighted by Crippen LogP contribution is -2.12. The average molecular weight is 186 g/mol. The van der Waals surface area contributed by atoms with Crippen LogP contribution in [0.3, 0.4) is 0 Å². The molecule has 1 N–H and O–H groups in total. The van der Waals surface area contributed by atoms with Crippen molar-refractivity contribution in [2.24, 2.45) is 11.3 Å². The van der Waals surface area contributed by atoms with E-state index in [9.17, 15) is 0 Å². The van der Waals surface area contributed by atoms with Gasteiger partial charge in [0.15, 0.2) is 0 Å². The van der Waals surface area contributed by atoms with Gasteiger partial charge in [0, 0.05) is 6.61 Å². The van der Waals surface area contributed by atoms with E-state index < -0.39 is 0 Å². The van der Waals surface area contributed by atoms with Gasteiger partial charge in [0.05, 0.1) is 0 Å². The Bertz CT molecular complexity index is 118. The number of aliphatic hydroxyl groups is 1. The number of hydrogen-bond donors (Lipinski definition) is 1. The SMILES string of the molecule is CCCC(C)(C)CCC(C)CCO. The van der Waals surface area contributed by atoms with Crippen LogP contribution in [0.5, 0.6) is 0 Å². The third-order valence-corrected chi connectivity index (χ3v) is 2.86. The normalized spacial score (nSPS) is 14.5. The molecule has 0 fully saturated rings. The zero-order chi connectivity index (χ0) is 10.3. The van der Waals surface area contributed by atoms with Crippen LogP contribution in [0, 0.1) is 11.3 Å². The molecule has 1 nitrogen and oxygen atoms in total. The topological polar surface area (TPSA) is 20.2 Å². The van der Waals surface area contributed by atoms with Crippen molar-refractivity contribution in [3.05, 3.63) is 0 Å². The molecule has 0 saturated heterocycles. The quantitative estimate of drug-likeness (QED) is 0.644. The molecule has 0 aromatic carbocycles. The monoisotopic (exact) mass is 186 g/mol. The molecule has 0 rings (SSSR count). The highest BCUT2D eigenvalue weighted by Gasteiger charge is 2.17. The van der Waals surface area contributed by atoms with Gasteiger partial charge in [-0.05, 0) is 30.6 Å². The van der Waals surface area contributed by atoms with Gasteiger partial charge >= 0.3 is 0 Å². The van der Waals surface area contributed by atoms with E-state index in [1.165, 1.54) is 25.7 Å². The van der Waals surface area contributed by atoms with Gasteiger partial charge in [-0.3, -0.25) is 0 Å². The van der Waals surface area contributed by atoms with E-state index in [0.29, 0.717) is 17.9 Å². The van der Waals surface area contributed by atoms with Crippen LogP contribution in [-0.4, -0.2) is 11.7 Å². The van der Waals surface area contributed by atoms with Crippen LogP contribution in [0.1, 0.15) is 59.8 Å². The summed E-state index contributed by atoms with van der Waals surface area (Å²) >= 11 is 0. The van der Waals surface area contributed by atoms with Gasteiger partial charge in [-0.1, -0.05) is 40.5 Å². The molecule has 0 radical (unpaired) electrons. The van der Waals surface area contributed by atoms with E-state index in [1.54, 1.807) is 0 Å². The first kappa shape index (κ1) is 13.0. The summed E-state index contributed by atoms with van der Waals surface area (Å²) in [7, 11) is 0. The third kappa shape index (κ3) is 7.06. The minimum atomic E-state index is 0.343. The number of rotatable bonds is 7. The highest BCUT2D eigenvalue weighted by atomic mass is 16.3. The Morgan fingerprint density at radius 2 is 1.77 bits per heavy atom. The third-order valence-electron chi connectivity index (χ3n) is 2.86. The van der Waals surface area contributed by atoms with E-state index >= 15 is 0 Å². The smallest absolute Gasteiger partial charge is 0.0433 e. The summed E-state index contributed by atoms with van der Waals surface area (Å²) in [5.74, 6) is 0.682. The van der Waals surface area contributed by atoms with Crippen molar-refractivity contribution in [1.82, 2.24) is 0 Å². The zero-order valence-electron chi connectivity index (χ0n) is 9.77. The Balaban J connectivity index is 3.60. The largest absolute Gasteiger partial charge is 0.396 e. The summed E-state index contributed by atoms with van der Waals surface area (Å²) in [6, 6.07) is 0. The van der Waals surface area contributed by atoms with Gasteiger partial charge in [0.2, 0.25) is 0 Å². The fourth-order valence-corrected chi connectivity index (χ4v) is 1.80. The molecule has 0 aliphatic heterocycles. The van der Waals surface area contributed by atoms with Crippen LogP contribution >= 0.6 is 0 Å². The fourth-order valence-electron chi connectivity index (χ4n) is 1.80. The first-order valence-electron chi connectivity index (χ1n) is 5.62. The second-order valence-electron chi connectivity index (χ2n) is 5.07. The Labute approximate surface area is 83.5 Å². The maximum atomic E-state index is 8.77. The zero-order valence-corrected chi connectivity index (χ0v) is 9.77. The molecule has 0 amide bonds. The van der Waals surface area contributed by atoms with Crippen molar-refractivity contribution in [1.29, 1.82) is 0 Å². The van der Waals surface area contributed by atoms with Crippen molar-refractivity contribution >= 4 is 0 Å². The molecule has 0 aromatic rings. The highest BCUT2D eigenvalue weighted by Crippen LogP contribution is 2.30. The van der Waals surface area contributed by atoms with E-state index in [1.807, 2.05) is 0 Å². The van der Waals surface area contributed by atoms with Crippen molar-refractivity contribution in [2.45, 2.75) is 59.8 Å². The molecule has 0 spiro atoms. The van der Waals surface area contributed by atoms with Crippen LogP contribution in [0.15, 0.2) is 0 Å². The van der Waals surface area contributed by atoms with Crippen LogP contribution < -0.4 is 0 Å². The molecule has 1 unspecified atom stereocenters. The number of hydrogen-bond acceptors (Lipinski definition) is 1. The summed E-state index contributed by atoms with van der Waals surface area (Å²) in [6.07, 6.45) is 6.11. The first-order chi connectivity index (χ1) is 6.02. The van der Waals surface area contributed by atoms with Crippen LogP contribution in [0.4, 0.5) is 0 Å². The lowest BCUT2D eigenvalue weighted by atomic mass is 9.81. The van der Waals surface area contributed by atoms with E-state index in [0.717, 1.165) is 6.42 Å². The van der Waals surface area contributed by atoms with Crippen LogP contribution in [-0.2, 0) is 0 Å². The van der Waals surface area contributed by atoms with Gasteiger partial charge in [0.25, 0.3) is 0 Å². The summed E-state index contributed by atoms with van der Waals surface area (Å²) < 4.78 is 0. The Morgan fingerprint density at radius 3 is 2.23 bits per heavy atom. The van der Waals surface area contributed by atoms with Gasteiger partial charge in [0.1, 0.15) is 0 Å². The standard InChI is InChI=1S/C12H26O/c1-5-8-12(3,4)9-6-11(2)7-10-13/h11,13H,5-10H2,1-4H3. The van der Waals surface area contributed by atoms with E-state index in [-0.39, 0.29) is 0 Å².